The molecule has 0 aromatic heterocycles. The van der Waals surface area contributed by atoms with Crippen LogP contribution in [0.5, 0.6) is 0 Å². The van der Waals surface area contributed by atoms with E-state index in [0.717, 1.165) is 13.0 Å². The summed E-state index contributed by atoms with van der Waals surface area (Å²) in [5.74, 6) is 0. The fourth-order valence-corrected chi connectivity index (χ4v) is 0.571. The second-order valence-electron chi connectivity index (χ2n) is 2.24. The Balaban J connectivity index is 3.37. The normalized spacial score (nSPS) is 18.0. The summed E-state index contributed by atoms with van der Waals surface area (Å²) in [5.41, 5.74) is -0.977. The number of aliphatic hydroxyl groups excluding tert-OH is 1. The molecule has 0 aromatic carbocycles. The summed E-state index contributed by atoms with van der Waals surface area (Å²) in [6.45, 7) is 4.37. The van der Waals surface area contributed by atoms with Gasteiger partial charge in [0, 0.05) is 0 Å². The van der Waals surface area contributed by atoms with Crippen LogP contribution in [0.25, 0.3) is 0 Å². The molecule has 0 saturated heterocycles. The third-order valence-corrected chi connectivity index (χ3v) is 1.03. The molecule has 0 aliphatic heterocycles. The lowest BCUT2D eigenvalue weighted by Gasteiger charge is -2.17. The van der Waals surface area contributed by atoms with Gasteiger partial charge in [-0.25, -0.2) is 0 Å². The first-order valence-electron chi connectivity index (χ1n) is 2.83. The van der Waals surface area contributed by atoms with Gasteiger partial charge in [0.05, 0.1) is 5.60 Å². The van der Waals surface area contributed by atoms with Gasteiger partial charge in [0.2, 0.25) is 0 Å². The molecule has 2 heteroatoms. The molecule has 0 bridgehead atoms. The molecule has 0 heterocycles. The molecule has 1 unspecified atom stereocenters. The largest absolute Gasteiger partial charge is 0.387 e. The number of aliphatic hydroxyl groups is 2. The minimum atomic E-state index is -0.977. The topological polar surface area (TPSA) is 40.5 Å². The summed E-state index contributed by atoms with van der Waals surface area (Å²) in [6, 6.07) is 0. The Bertz CT molecular complexity index is 59.5. The van der Waals surface area contributed by atoms with E-state index in [2.05, 4.69) is 0 Å². The highest BCUT2D eigenvalue weighted by Crippen LogP contribution is 2.12. The molecule has 0 aliphatic rings. The van der Waals surface area contributed by atoms with Gasteiger partial charge in [-0.3, -0.25) is 0 Å². The van der Waals surface area contributed by atoms with Crippen LogP contribution in [0.3, 0.4) is 0 Å². The Morgan fingerprint density at radius 1 is 1.62 bits per heavy atom. The van der Waals surface area contributed by atoms with Gasteiger partial charge in [0.15, 0.2) is 0 Å². The van der Waals surface area contributed by atoms with Crippen LogP contribution in [-0.4, -0.2) is 15.8 Å². The SMILES string of the molecule is CCCC(C)(O)[CH]O. The predicted octanol–water partition coefficient (Wildman–Crippen LogP) is 1.07. The summed E-state index contributed by atoms with van der Waals surface area (Å²) < 4.78 is 0. The maximum atomic E-state index is 9.02. The van der Waals surface area contributed by atoms with Crippen molar-refractivity contribution in [1.29, 1.82) is 0 Å². The highest BCUT2D eigenvalue weighted by atomic mass is 16.3. The highest BCUT2D eigenvalue weighted by molar-refractivity contribution is 4.78. The molecular formula is C6H13O2. The van der Waals surface area contributed by atoms with Gasteiger partial charge in [-0.2, -0.15) is 0 Å². The third-order valence-electron chi connectivity index (χ3n) is 1.03. The second kappa shape index (κ2) is 3.05. The van der Waals surface area contributed by atoms with Gasteiger partial charge in [-0.1, -0.05) is 13.3 Å². The van der Waals surface area contributed by atoms with Crippen LogP contribution in [0.1, 0.15) is 26.7 Å². The Labute approximate surface area is 50.2 Å². The van der Waals surface area contributed by atoms with E-state index in [1.165, 1.54) is 0 Å². The van der Waals surface area contributed by atoms with Crippen molar-refractivity contribution in [2.75, 3.05) is 0 Å². The molecule has 49 valence electrons. The van der Waals surface area contributed by atoms with Crippen LogP contribution in [0.15, 0.2) is 0 Å². The van der Waals surface area contributed by atoms with Crippen molar-refractivity contribution in [2.24, 2.45) is 0 Å². The summed E-state index contributed by atoms with van der Waals surface area (Å²) in [6.07, 6.45) is 1.49. The molecule has 0 rings (SSSR count). The standard InChI is InChI=1S/C6H13O2/c1-3-4-6(2,8)5-7/h5,7-8H,3-4H2,1-2H3. The van der Waals surface area contributed by atoms with Crippen molar-refractivity contribution in [3.63, 3.8) is 0 Å². The van der Waals surface area contributed by atoms with Crippen LogP contribution >= 0.6 is 0 Å². The fraction of sp³-hybridized carbons (Fsp3) is 0.833. The molecule has 2 nitrogen and oxygen atoms in total. The van der Waals surface area contributed by atoms with Gasteiger partial charge in [-0.05, 0) is 13.3 Å². The average molecular weight is 117 g/mol. The molecule has 0 saturated carbocycles. The summed E-state index contributed by atoms with van der Waals surface area (Å²) >= 11 is 0. The van der Waals surface area contributed by atoms with Crippen molar-refractivity contribution < 1.29 is 10.2 Å². The van der Waals surface area contributed by atoms with Gasteiger partial charge >= 0.3 is 0 Å². The minimum Gasteiger partial charge on any atom is -0.387 e. The lowest BCUT2D eigenvalue weighted by atomic mass is 10.0. The van der Waals surface area contributed by atoms with Crippen LogP contribution in [0, 0.1) is 6.61 Å². The third kappa shape index (κ3) is 2.99. The van der Waals surface area contributed by atoms with E-state index in [9.17, 15) is 0 Å². The van der Waals surface area contributed by atoms with Crippen LogP contribution in [0.2, 0.25) is 0 Å². The van der Waals surface area contributed by atoms with E-state index in [-0.39, 0.29) is 0 Å². The fourth-order valence-electron chi connectivity index (χ4n) is 0.571. The smallest absolute Gasteiger partial charge is 0.111 e. The van der Waals surface area contributed by atoms with Crippen molar-refractivity contribution in [2.45, 2.75) is 32.3 Å². The first-order valence-corrected chi connectivity index (χ1v) is 2.83. The molecule has 0 spiro atoms. The molecule has 8 heavy (non-hydrogen) atoms. The first kappa shape index (κ1) is 7.92. The van der Waals surface area contributed by atoms with Crippen molar-refractivity contribution in [3.05, 3.63) is 6.61 Å². The van der Waals surface area contributed by atoms with E-state index >= 15 is 0 Å². The van der Waals surface area contributed by atoms with Crippen LogP contribution in [0.4, 0.5) is 0 Å². The van der Waals surface area contributed by atoms with E-state index in [1.54, 1.807) is 6.92 Å². The van der Waals surface area contributed by atoms with Crippen LogP contribution < -0.4 is 0 Å². The summed E-state index contributed by atoms with van der Waals surface area (Å²) in [4.78, 5) is 0. The Morgan fingerprint density at radius 3 is 2.25 bits per heavy atom. The quantitative estimate of drug-likeness (QED) is 0.580. The van der Waals surface area contributed by atoms with Gasteiger partial charge in [0.1, 0.15) is 6.61 Å². The Hall–Kier alpha value is -0.0800. The maximum absolute atomic E-state index is 9.02. The number of hydrogen-bond acceptors (Lipinski definition) is 2. The van der Waals surface area contributed by atoms with Crippen molar-refractivity contribution in [1.82, 2.24) is 0 Å². The average Bonchev–Trinajstić information content (AvgIpc) is 1.67. The highest BCUT2D eigenvalue weighted by Gasteiger charge is 2.16. The molecular weight excluding hydrogens is 104 g/mol. The molecule has 2 N–H and O–H groups in total. The van der Waals surface area contributed by atoms with Gasteiger partial charge in [0.25, 0.3) is 0 Å². The molecule has 1 radical (unpaired) electrons. The van der Waals surface area contributed by atoms with E-state index in [4.69, 9.17) is 10.2 Å². The molecule has 0 aliphatic carbocycles. The maximum Gasteiger partial charge on any atom is 0.111 e. The zero-order valence-corrected chi connectivity index (χ0v) is 5.39. The zero-order valence-electron chi connectivity index (χ0n) is 5.39. The van der Waals surface area contributed by atoms with Crippen molar-refractivity contribution in [3.8, 4) is 0 Å². The molecule has 0 amide bonds. The van der Waals surface area contributed by atoms with Gasteiger partial charge in [-0.15, -0.1) is 0 Å². The molecule has 0 fully saturated rings. The van der Waals surface area contributed by atoms with E-state index in [1.807, 2.05) is 6.92 Å². The lowest BCUT2D eigenvalue weighted by molar-refractivity contribution is 0.0368. The molecule has 1 atom stereocenters. The number of hydrogen-bond donors (Lipinski definition) is 2. The lowest BCUT2D eigenvalue weighted by Crippen LogP contribution is -2.23. The Morgan fingerprint density at radius 2 is 2.12 bits per heavy atom. The van der Waals surface area contributed by atoms with Crippen molar-refractivity contribution >= 4 is 0 Å². The van der Waals surface area contributed by atoms with Crippen LogP contribution in [-0.2, 0) is 0 Å². The predicted molar refractivity (Wildman–Crippen MR) is 31.8 cm³/mol. The monoisotopic (exact) mass is 117 g/mol. The van der Waals surface area contributed by atoms with E-state index < -0.39 is 5.60 Å². The van der Waals surface area contributed by atoms with E-state index in [0.29, 0.717) is 6.42 Å². The second-order valence-corrected chi connectivity index (χ2v) is 2.24. The Kier molecular flexibility index (Phi) is 3.02. The molecule has 0 aromatic rings. The number of rotatable bonds is 3. The zero-order chi connectivity index (χ0) is 6.62. The first-order chi connectivity index (χ1) is 3.62. The summed E-state index contributed by atoms with van der Waals surface area (Å²) in [7, 11) is 0. The van der Waals surface area contributed by atoms with Gasteiger partial charge < -0.3 is 10.2 Å². The summed E-state index contributed by atoms with van der Waals surface area (Å²) in [5, 5.41) is 17.4. The minimum absolute atomic E-state index is 0.615.